The van der Waals surface area contributed by atoms with Crippen LogP contribution in [0.4, 0.5) is 0 Å². The molecule has 2 atom stereocenters. The molecule has 1 aliphatic heterocycles. The van der Waals surface area contributed by atoms with Gasteiger partial charge < -0.3 is 4.74 Å². The number of epoxide rings is 1. The van der Waals surface area contributed by atoms with Crippen molar-refractivity contribution in [1.29, 1.82) is 0 Å². The monoisotopic (exact) mass is 139 g/mol. The molecule has 0 unspecified atom stereocenters. The van der Waals surface area contributed by atoms with Crippen molar-refractivity contribution in [3.05, 3.63) is 12.7 Å². The van der Waals surface area contributed by atoms with Crippen LogP contribution < -0.4 is 0 Å². The van der Waals surface area contributed by atoms with E-state index in [1.165, 1.54) is 6.33 Å². The molecule has 0 N–H and O–H groups in total. The average Bonchev–Trinajstić information content (AvgIpc) is 2.48. The van der Waals surface area contributed by atoms with Gasteiger partial charge in [-0.1, -0.05) is 0 Å². The van der Waals surface area contributed by atoms with Crippen molar-refractivity contribution in [2.45, 2.75) is 25.7 Å². The van der Waals surface area contributed by atoms with Crippen LogP contribution in [0.1, 0.15) is 6.92 Å². The van der Waals surface area contributed by atoms with Crippen LogP contribution >= 0.6 is 0 Å². The van der Waals surface area contributed by atoms with E-state index in [2.05, 4.69) is 17.0 Å². The van der Waals surface area contributed by atoms with E-state index < -0.39 is 0 Å². The lowest BCUT2D eigenvalue weighted by Gasteiger charge is -1.92. The van der Waals surface area contributed by atoms with E-state index in [1.807, 2.05) is 0 Å². The lowest BCUT2D eigenvalue weighted by Crippen LogP contribution is -2.05. The van der Waals surface area contributed by atoms with E-state index >= 15 is 0 Å². The fourth-order valence-electron chi connectivity index (χ4n) is 0.933. The summed E-state index contributed by atoms with van der Waals surface area (Å²) in [7, 11) is 0. The van der Waals surface area contributed by atoms with Gasteiger partial charge in [0, 0.05) is 0 Å². The van der Waals surface area contributed by atoms with E-state index in [9.17, 15) is 0 Å². The molecule has 4 heteroatoms. The summed E-state index contributed by atoms with van der Waals surface area (Å²) in [4.78, 5) is 3.82. The van der Waals surface area contributed by atoms with Crippen molar-refractivity contribution in [2.75, 3.05) is 0 Å². The lowest BCUT2D eigenvalue weighted by atomic mass is 10.3. The molecular formula is C6H9N3O. The number of hydrogen-bond acceptors (Lipinski definition) is 3. The van der Waals surface area contributed by atoms with Gasteiger partial charge in [-0.25, -0.2) is 4.98 Å². The first kappa shape index (κ1) is 5.85. The zero-order chi connectivity index (χ0) is 6.97. The zero-order valence-corrected chi connectivity index (χ0v) is 5.77. The molecule has 0 spiro atoms. The maximum absolute atomic E-state index is 5.20. The summed E-state index contributed by atoms with van der Waals surface area (Å²) >= 11 is 0. The van der Waals surface area contributed by atoms with E-state index in [-0.39, 0.29) is 0 Å². The van der Waals surface area contributed by atoms with Crippen molar-refractivity contribution >= 4 is 0 Å². The highest BCUT2D eigenvalue weighted by molar-refractivity contribution is 4.80. The Morgan fingerprint density at radius 1 is 1.70 bits per heavy atom. The van der Waals surface area contributed by atoms with Crippen molar-refractivity contribution in [1.82, 2.24) is 14.8 Å². The third kappa shape index (κ3) is 1.02. The highest BCUT2D eigenvalue weighted by Gasteiger charge is 2.34. The minimum absolute atomic E-state index is 0.363. The Morgan fingerprint density at radius 3 is 3.00 bits per heavy atom. The largest absolute Gasteiger partial charge is 0.368 e. The van der Waals surface area contributed by atoms with Crippen molar-refractivity contribution in [3.63, 3.8) is 0 Å². The number of rotatable bonds is 2. The lowest BCUT2D eigenvalue weighted by molar-refractivity contribution is 0.354. The molecule has 2 rings (SSSR count). The molecule has 1 aromatic rings. The first-order valence-corrected chi connectivity index (χ1v) is 3.34. The molecule has 1 fully saturated rings. The van der Waals surface area contributed by atoms with Crippen LogP contribution in [-0.4, -0.2) is 27.0 Å². The maximum Gasteiger partial charge on any atom is 0.137 e. The van der Waals surface area contributed by atoms with Gasteiger partial charge in [0.25, 0.3) is 0 Å². The molecule has 1 aliphatic rings. The topological polar surface area (TPSA) is 43.2 Å². The summed E-state index contributed by atoms with van der Waals surface area (Å²) < 4.78 is 6.99. The molecule has 0 aliphatic carbocycles. The highest BCUT2D eigenvalue weighted by atomic mass is 16.6. The Balaban J connectivity index is 1.93. The molecule has 54 valence electrons. The van der Waals surface area contributed by atoms with Gasteiger partial charge in [0.2, 0.25) is 0 Å². The van der Waals surface area contributed by atoms with Crippen LogP contribution in [0.15, 0.2) is 12.7 Å². The van der Waals surface area contributed by atoms with Crippen LogP contribution in [0, 0.1) is 0 Å². The van der Waals surface area contributed by atoms with Gasteiger partial charge in [-0.3, -0.25) is 4.68 Å². The molecule has 4 nitrogen and oxygen atoms in total. The summed E-state index contributed by atoms with van der Waals surface area (Å²) in [5.74, 6) is 0. The number of hydrogen-bond donors (Lipinski definition) is 0. The number of nitrogens with zero attached hydrogens (tertiary/aromatic N) is 3. The molecule has 0 bridgehead atoms. The summed E-state index contributed by atoms with van der Waals surface area (Å²) in [6.07, 6.45) is 4.01. The molecule has 0 radical (unpaired) electrons. The fourth-order valence-corrected chi connectivity index (χ4v) is 0.933. The number of aromatic nitrogens is 3. The standard InChI is InChI=1S/C6H9N3O/c1-5-6(10-5)2-9-4-7-3-8-9/h3-6H,2H2,1H3/t5-,6-/m1/s1. The van der Waals surface area contributed by atoms with Crippen LogP contribution in [0.3, 0.4) is 0 Å². The summed E-state index contributed by atoms with van der Waals surface area (Å²) in [6, 6.07) is 0. The first-order chi connectivity index (χ1) is 4.86. The van der Waals surface area contributed by atoms with Crippen LogP contribution in [0.5, 0.6) is 0 Å². The predicted molar refractivity (Wildman–Crippen MR) is 34.4 cm³/mol. The van der Waals surface area contributed by atoms with Crippen LogP contribution in [-0.2, 0) is 11.3 Å². The number of ether oxygens (including phenoxy) is 1. The minimum Gasteiger partial charge on any atom is -0.368 e. The Bertz CT molecular complexity index is 209. The van der Waals surface area contributed by atoms with Gasteiger partial charge in [0.1, 0.15) is 18.8 Å². The highest BCUT2D eigenvalue weighted by Crippen LogP contribution is 2.21. The molecule has 0 amide bonds. The normalized spacial score (nSPS) is 30.5. The summed E-state index contributed by atoms with van der Waals surface area (Å²) in [5.41, 5.74) is 0. The second-order valence-corrected chi connectivity index (χ2v) is 2.50. The van der Waals surface area contributed by atoms with Gasteiger partial charge in [0.15, 0.2) is 0 Å². The summed E-state index contributed by atoms with van der Waals surface area (Å²) in [5, 5.41) is 3.96. The van der Waals surface area contributed by atoms with Gasteiger partial charge in [-0.15, -0.1) is 0 Å². The molecular weight excluding hydrogens is 130 g/mol. The van der Waals surface area contributed by atoms with E-state index in [4.69, 9.17) is 4.74 Å². The Hall–Kier alpha value is -0.900. The Kier molecular flexibility index (Phi) is 1.20. The smallest absolute Gasteiger partial charge is 0.137 e. The van der Waals surface area contributed by atoms with Gasteiger partial charge in [-0.05, 0) is 6.92 Å². The van der Waals surface area contributed by atoms with Crippen LogP contribution in [0.2, 0.25) is 0 Å². The first-order valence-electron chi connectivity index (χ1n) is 3.34. The fraction of sp³-hybridized carbons (Fsp3) is 0.667. The Morgan fingerprint density at radius 2 is 2.50 bits per heavy atom. The van der Waals surface area contributed by atoms with E-state index in [0.29, 0.717) is 12.2 Å². The van der Waals surface area contributed by atoms with Crippen molar-refractivity contribution in [3.8, 4) is 0 Å². The SMILES string of the molecule is C[C@H]1O[C@@H]1Cn1cncn1. The molecule has 2 heterocycles. The predicted octanol–water partition coefficient (Wildman–Crippen LogP) is 0.0654. The second-order valence-electron chi connectivity index (χ2n) is 2.50. The van der Waals surface area contributed by atoms with Gasteiger partial charge in [-0.2, -0.15) is 5.10 Å². The maximum atomic E-state index is 5.20. The summed E-state index contributed by atoms with van der Waals surface area (Å²) in [6.45, 7) is 2.89. The van der Waals surface area contributed by atoms with Crippen molar-refractivity contribution < 1.29 is 4.74 Å². The Labute approximate surface area is 58.8 Å². The molecule has 10 heavy (non-hydrogen) atoms. The minimum atomic E-state index is 0.363. The van der Waals surface area contributed by atoms with E-state index in [1.54, 1.807) is 11.0 Å². The third-order valence-electron chi connectivity index (χ3n) is 1.67. The molecule has 1 saturated heterocycles. The molecule has 1 aromatic heterocycles. The molecule has 0 saturated carbocycles. The van der Waals surface area contributed by atoms with Crippen LogP contribution in [0.25, 0.3) is 0 Å². The van der Waals surface area contributed by atoms with Gasteiger partial charge >= 0.3 is 0 Å². The van der Waals surface area contributed by atoms with Crippen molar-refractivity contribution in [2.24, 2.45) is 0 Å². The zero-order valence-electron chi connectivity index (χ0n) is 5.77. The van der Waals surface area contributed by atoms with Gasteiger partial charge in [0.05, 0.1) is 12.6 Å². The average molecular weight is 139 g/mol. The quantitative estimate of drug-likeness (QED) is 0.544. The van der Waals surface area contributed by atoms with E-state index in [0.717, 1.165) is 6.54 Å². The molecule has 0 aromatic carbocycles. The third-order valence-corrected chi connectivity index (χ3v) is 1.67. The second kappa shape index (κ2) is 2.05.